The van der Waals surface area contributed by atoms with Gasteiger partial charge in [-0.25, -0.2) is 4.98 Å². The minimum absolute atomic E-state index is 0.00205. The molecule has 2 aliphatic heterocycles. The molecular weight excluding hydrogens is 360 g/mol. The number of piperazine rings is 1. The lowest BCUT2D eigenvalue weighted by molar-refractivity contribution is 0.0746. The van der Waals surface area contributed by atoms with E-state index in [1.807, 2.05) is 4.90 Å². The molecule has 0 bridgehead atoms. The molecule has 0 saturated carbocycles. The van der Waals surface area contributed by atoms with Crippen LogP contribution in [0, 0.1) is 0 Å². The third-order valence-electron chi connectivity index (χ3n) is 5.09. The van der Waals surface area contributed by atoms with Crippen molar-refractivity contribution in [3.63, 3.8) is 0 Å². The van der Waals surface area contributed by atoms with Gasteiger partial charge >= 0.3 is 0 Å². The van der Waals surface area contributed by atoms with Gasteiger partial charge in [0.05, 0.1) is 32.2 Å². The zero-order valence-corrected chi connectivity index (χ0v) is 16.0. The van der Waals surface area contributed by atoms with Crippen molar-refractivity contribution in [1.82, 2.24) is 20.1 Å². The van der Waals surface area contributed by atoms with Crippen LogP contribution in [-0.2, 0) is 4.74 Å². The van der Waals surface area contributed by atoms with E-state index in [4.69, 9.17) is 9.47 Å². The van der Waals surface area contributed by atoms with Crippen LogP contribution in [0.1, 0.15) is 10.4 Å². The van der Waals surface area contributed by atoms with Crippen molar-refractivity contribution in [2.24, 2.45) is 0 Å². The van der Waals surface area contributed by atoms with Crippen LogP contribution in [0.15, 0.2) is 30.6 Å². The van der Waals surface area contributed by atoms with E-state index in [1.165, 1.54) is 0 Å². The first-order chi connectivity index (χ1) is 13.7. The molecule has 2 aliphatic rings. The number of hydrogen-bond donors (Lipinski definition) is 0. The zero-order valence-electron chi connectivity index (χ0n) is 16.0. The van der Waals surface area contributed by atoms with Crippen LogP contribution in [-0.4, -0.2) is 85.6 Å². The zero-order chi connectivity index (χ0) is 19.3. The summed E-state index contributed by atoms with van der Waals surface area (Å²) in [5.74, 6) is 1.33. The Morgan fingerprint density at radius 2 is 1.86 bits per heavy atom. The maximum absolute atomic E-state index is 12.8. The third kappa shape index (κ3) is 3.99. The van der Waals surface area contributed by atoms with Gasteiger partial charge in [0, 0.05) is 63.2 Å². The van der Waals surface area contributed by atoms with E-state index in [0.717, 1.165) is 37.7 Å². The van der Waals surface area contributed by atoms with E-state index < -0.39 is 0 Å². The largest absolute Gasteiger partial charge is 0.481 e. The molecule has 0 N–H and O–H groups in total. The van der Waals surface area contributed by atoms with Crippen molar-refractivity contribution in [3.8, 4) is 5.88 Å². The Morgan fingerprint density at radius 3 is 2.61 bits per heavy atom. The van der Waals surface area contributed by atoms with Crippen LogP contribution in [0.2, 0.25) is 0 Å². The third-order valence-corrected chi connectivity index (χ3v) is 5.09. The molecule has 0 atom stereocenters. The van der Waals surface area contributed by atoms with E-state index >= 15 is 0 Å². The Kier molecular flexibility index (Phi) is 5.52. The van der Waals surface area contributed by atoms with E-state index in [-0.39, 0.29) is 5.91 Å². The molecule has 9 nitrogen and oxygen atoms in total. The van der Waals surface area contributed by atoms with E-state index in [9.17, 15) is 4.79 Å². The van der Waals surface area contributed by atoms with Crippen molar-refractivity contribution >= 4 is 17.4 Å². The Labute approximate surface area is 163 Å². The fourth-order valence-corrected chi connectivity index (χ4v) is 3.47. The average molecular weight is 384 g/mol. The number of carbonyl (C=O) groups excluding carboxylic acids is 1. The quantitative estimate of drug-likeness (QED) is 0.761. The Morgan fingerprint density at radius 1 is 1.07 bits per heavy atom. The highest BCUT2D eigenvalue weighted by Crippen LogP contribution is 2.21. The summed E-state index contributed by atoms with van der Waals surface area (Å²) in [5.41, 5.74) is 1.63. The lowest BCUT2D eigenvalue weighted by Gasteiger charge is -2.36. The van der Waals surface area contributed by atoms with Gasteiger partial charge in [-0.05, 0) is 6.07 Å². The van der Waals surface area contributed by atoms with Gasteiger partial charge in [-0.3, -0.25) is 4.79 Å². The van der Waals surface area contributed by atoms with Gasteiger partial charge in [0.1, 0.15) is 0 Å². The molecule has 0 unspecified atom stereocenters. The predicted octanol–water partition coefficient (Wildman–Crippen LogP) is 0.679. The van der Waals surface area contributed by atoms with Crippen molar-refractivity contribution in [2.45, 2.75) is 0 Å². The summed E-state index contributed by atoms with van der Waals surface area (Å²) in [6.45, 7) is 5.90. The second-order valence-electron chi connectivity index (χ2n) is 6.74. The maximum Gasteiger partial charge on any atom is 0.254 e. The van der Waals surface area contributed by atoms with Gasteiger partial charge in [0.15, 0.2) is 5.82 Å². The number of rotatable bonds is 4. The van der Waals surface area contributed by atoms with Gasteiger partial charge in [-0.15, -0.1) is 5.10 Å². The first-order valence-corrected chi connectivity index (χ1v) is 9.44. The monoisotopic (exact) mass is 384 g/mol. The molecule has 0 radical (unpaired) electrons. The summed E-state index contributed by atoms with van der Waals surface area (Å²) in [6.07, 6.45) is 3.38. The summed E-state index contributed by atoms with van der Waals surface area (Å²) in [7, 11) is 1.54. The van der Waals surface area contributed by atoms with E-state index in [1.54, 1.807) is 31.6 Å². The molecule has 148 valence electrons. The highest BCUT2D eigenvalue weighted by atomic mass is 16.5. The van der Waals surface area contributed by atoms with Crippen LogP contribution < -0.4 is 14.5 Å². The lowest BCUT2D eigenvalue weighted by Crippen LogP contribution is -2.49. The number of anilines is 2. The molecule has 2 saturated heterocycles. The second kappa shape index (κ2) is 8.39. The van der Waals surface area contributed by atoms with Gasteiger partial charge < -0.3 is 24.2 Å². The molecule has 2 aromatic rings. The minimum atomic E-state index is 0.00205. The predicted molar refractivity (Wildman–Crippen MR) is 104 cm³/mol. The summed E-state index contributed by atoms with van der Waals surface area (Å²) < 4.78 is 10.5. The van der Waals surface area contributed by atoms with Crippen LogP contribution in [0.4, 0.5) is 11.5 Å². The normalized spacial score (nSPS) is 17.5. The fourth-order valence-electron chi connectivity index (χ4n) is 3.47. The lowest BCUT2D eigenvalue weighted by atomic mass is 10.2. The number of aromatic nitrogens is 3. The number of carbonyl (C=O) groups is 1. The molecule has 28 heavy (non-hydrogen) atoms. The fraction of sp³-hybridized carbons (Fsp3) is 0.474. The summed E-state index contributed by atoms with van der Waals surface area (Å²) in [5, 5.41) is 8.45. The molecule has 4 rings (SSSR count). The first kappa shape index (κ1) is 18.4. The number of ether oxygens (including phenoxy) is 2. The van der Waals surface area contributed by atoms with Crippen molar-refractivity contribution < 1.29 is 14.3 Å². The summed E-state index contributed by atoms with van der Waals surface area (Å²) in [4.78, 5) is 23.1. The molecule has 0 spiro atoms. The first-order valence-electron chi connectivity index (χ1n) is 9.44. The maximum atomic E-state index is 12.8. The second-order valence-corrected chi connectivity index (χ2v) is 6.74. The summed E-state index contributed by atoms with van der Waals surface area (Å²) >= 11 is 0. The summed E-state index contributed by atoms with van der Waals surface area (Å²) in [6, 6.07) is 5.47. The van der Waals surface area contributed by atoms with Crippen LogP contribution >= 0.6 is 0 Å². The van der Waals surface area contributed by atoms with Crippen molar-refractivity contribution in [3.05, 3.63) is 36.2 Å². The van der Waals surface area contributed by atoms with Gasteiger partial charge in [-0.1, -0.05) is 0 Å². The van der Waals surface area contributed by atoms with Gasteiger partial charge in [0.2, 0.25) is 5.88 Å². The van der Waals surface area contributed by atoms with Crippen LogP contribution in [0.5, 0.6) is 5.88 Å². The molecular formula is C19H24N6O3. The molecule has 0 aliphatic carbocycles. The van der Waals surface area contributed by atoms with Gasteiger partial charge in [0.25, 0.3) is 5.91 Å². The minimum Gasteiger partial charge on any atom is -0.481 e. The van der Waals surface area contributed by atoms with E-state index in [2.05, 4.69) is 31.0 Å². The number of morpholine rings is 1. The molecule has 1 amide bonds. The Bertz CT molecular complexity index is 819. The number of methoxy groups -OCH3 is 1. The average Bonchev–Trinajstić information content (AvgIpc) is 2.79. The Balaban J connectivity index is 1.39. The van der Waals surface area contributed by atoms with Gasteiger partial charge in [-0.2, -0.15) is 5.10 Å². The number of nitrogens with zero attached hydrogens (tertiary/aromatic N) is 6. The standard InChI is InChI=1S/C19H24N6O3/c1-27-18-12-15(2-3-20-18)19(26)25-6-4-23(5-7-25)16-13-17(22-21-14-16)24-8-10-28-11-9-24/h2-3,12-14H,4-11H2,1H3. The SMILES string of the molecule is COc1cc(C(=O)N2CCN(c3cnnc(N4CCOCC4)c3)CC2)ccn1. The van der Waals surface area contributed by atoms with Crippen LogP contribution in [0.25, 0.3) is 0 Å². The van der Waals surface area contributed by atoms with Crippen molar-refractivity contribution in [1.29, 1.82) is 0 Å². The van der Waals surface area contributed by atoms with Crippen molar-refractivity contribution in [2.75, 3.05) is 69.4 Å². The topological polar surface area (TPSA) is 83.9 Å². The number of hydrogen-bond acceptors (Lipinski definition) is 8. The van der Waals surface area contributed by atoms with Crippen LogP contribution in [0.3, 0.4) is 0 Å². The molecule has 0 aromatic carbocycles. The molecule has 2 aromatic heterocycles. The Hall–Kier alpha value is -2.94. The molecule has 2 fully saturated rings. The smallest absolute Gasteiger partial charge is 0.254 e. The number of pyridine rings is 1. The van der Waals surface area contributed by atoms with E-state index in [0.29, 0.717) is 37.7 Å². The highest BCUT2D eigenvalue weighted by molar-refractivity contribution is 5.94. The number of amides is 1. The molecule has 9 heteroatoms. The molecule has 4 heterocycles. The highest BCUT2D eigenvalue weighted by Gasteiger charge is 2.24.